The molecule has 0 atom stereocenters. The summed E-state index contributed by atoms with van der Waals surface area (Å²) in [4.78, 5) is 0. The molecule has 0 radical (unpaired) electrons. The van der Waals surface area contributed by atoms with Crippen LogP contribution >= 0.6 is 0 Å². The maximum Gasteiger partial charge on any atom is 0.0662 e. The number of allylic oxidation sites excluding steroid dienone is 4. The summed E-state index contributed by atoms with van der Waals surface area (Å²) in [5.41, 5.74) is 3.50. The van der Waals surface area contributed by atoms with Crippen molar-refractivity contribution in [1.82, 2.24) is 0 Å². The average molecular weight is 290 g/mol. The van der Waals surface area contributed by atoms with Gasteiger partial charge in [0, 0.05) is 0 Å². The molecule has 0 aromatic rings. The van der Waals surface area contributed by atoms with E-state index >= 15 is 0 Å². The molecule has 2 heterocycles. The molecule has 0 spiro atoms. The molecule has 3 fully saturated rings. The fraction of sp³-hybridized carbons (Fsp3) is 0.800. The van der Waals surface area contributed by atoms with E-state index < -0.39 is 0 Å². The fourth-order valence-electron chi connectivity index (χ4n) is 3.98. The van der Waals surface area contributed by atoms with Gasteiger partial charge in [0.2, 0.25) is 0 Å². The van der Waals surface area contributed by atoms with Crippen molar-refractivity contribution < 1.29 is 4.74 Å². The zero-order chi connectivity index (χ0) is 15.7. The van der Waals surface area contributed by atoms with E-state index in [2.05, 4.69) is 53.7 Å². The quantitative estimate of drug-likeness (QED) is 0.571. The number of hydrogen-bond acceptors (Lipinski definition) is 1. The van der Waals surface area contributed by atoms with Gasteiger partial charge in [0.1, 0.15) is 0 Å². The third-order valence-corrected chi connectivity index (χ3v) is 5.67. The number of ether oxygens (including phenoxy) is 1. The first-order valence-corrected chi connectivity index (χ1v) is 8.78. The normalized spacial score (nSPS) is 34.0. The summed E-state index contributed by atoms with van der Waals surface area (Å²) < 4.78 is 6.06. The standard InChI is InChI=1S/C10H18O.C10H16/c1-9(2)8-4-6-10(3,11-9)7-5-8;1-8(2)10-6-4-9(3)5-7-10/h8H,4-7H2,1-3H3;4,6,8H,5,7H2,1-3H3. The predicted molar refractivity (Wildman–Crippen MR) is 91.4 cm³/mol. The van der Waals surface area contributed by atoms with Crippen LogP contribution in [0.15, 0.2) is 23.3 Å². The topological polar surface area (TPSA) is 9.23 Å². The van der Waals surface area contributed by atoms with Crippen molar-refractivity contribution in [1.29, 1.82) is 0 Å². The molecule has 21 heavy (non-hydrogen) atoms. The smallest absolute Gasteiger partial charge is 0.0662 e. The highest BCUT2D eigenvalue weighted by Crippen LogP contribution is 2.49. The monoisotopic (exact) mass is 290 g/mol. The first-order valence-electron chi connectivity index (χ1n) is 8.78. The molecule has 0 aromatic heterocycles. The molecule has 2 bridgehead atoms. The van der Waals surface area contributed by atoms with Crippen molar-refractivity contribution in [2.45, 2.75) is 91.3 Å². The van der Waals surface area contributed by atoms with Gasteiger partial charge in [-0.25, -0.2) is 0 Å². The lowest BCUT2D eigenvalue weighted by atomic mass is 9.69. The van der Waals surface area contributed by atoms with E-state index in [1.54, 1.807) is 5.57 Å². The van der Waals surface area contributed by atoms with E-state index in [-0.39, 0.29) is 11.2 Å². The first kappa shape index (κ1) is 16.8. The van der Waals surface area contributed by atoms with Crippen molar-refractivity contribution in [3.8, 4) is 0 Å². The van der Waals surface area contributed by atoms with Gasteiger partial charge in [0.05, 0.1) is 11.2 Å². The molecule has 2 aliphatic carbocycles. The van der Waals surface area contributed by atoms with Crippen molar-refractivity contribution in [2.24, 2.45) is 11.8 Å². The zero-order valence-corrected chi connectivity index (χ0v) is 15.0. The molecule has 0 unspecified atom stereocenters. The Morgan fingerprint density at radius 3 is 2.00 bits per heavy atom. The van der Waals surface area contributed by atoms with Crippen molar-refractivity contribution >= 4 is 0 Å². The van der Waals surface area contributed by atoms with Crippen LogP contribution in [0, 0.1) is 11.8 Å². The molecule has 0 amide bonds. The Bertz CT molecular complexity index is 414. The molecule has 2 aliphatic heterocycles. The van der Waals surface area contributed by atoms with Gasteiger partial charge < -0.3 is 4.74 Å². The minimum Gasteiger partial charge on any atom is -0.369 e. The minimum absolute atomic E-state index is 0.158. The SMILES string of the molecule is CC12CCC(CC1)C(C)(C)O2.CC1=CC=C(C(C)C)CC1. The van der Waals surface area contributed by atoms with E-state index in [9.17, 15) is 0 Å². The lowest BCUT2D eigenvalue weighted by Crippen LogP contribution is -2.53. The summed E-state index contributed by atoms with van der Waals surface area (Å²) in [5, 5.41) is 0. The van der Waals surface area contributed by atoms with Gasteiger partial charge in [-0.2, -0.15) is 0 Å². The van der Waals surface area contributed by atoms with Crippen LogP contribution in [0.4, 0.5) is 0 Å². The van der Waals surface area contributed by atoms with E-state index in [4.69, 9.17) is 4.74 Å². The Balaban J connectivity index is 0.000000155. The number of rotatable bonds is 1. The lowest BCUT2D eigenvalue weighted by molar-refractivity contribution is -0.229. The fourth-order valence-corrected chi connectivity index (χ4v) is 3.98. The lowest BCUT2D eigenvalue weighted by Gasteiger charge is -2.54. The highest BCUT2D eigenvalue weighted by molar-refractivity contribution is 5.23. The second-order valence-electron chi connectivity index (χ2n) is 8.34. The number of fused-ring (bicyclic) bond motifs is 3. The third kappa shape index (κ3) is 4.22. The van der Waals surface area contributed by atoms with Crippen LogP contribution in [0.1, 0.15) is 80.1 Å². The van der Waals surface area contributed by atoms with Crippen molar-refractivity contribution in [3.05, 3.63) is 23.3 Å². The molecule has 4 rings (SSSR count). The highest BCUT2D eigenvalue weighted by atomic mass is 16.5. The molecule has 120 valence electrons. The van der Waals surface area contributed by atoms with Crippen LogP contribution in [0.2, 0.25) is 0 Å². The molecule has 0 N–H and O–H groups in total. The van der Waals surface area contributed by atoms with Gasteiger partial charge in [-0.15, -0.1) is 0 Å². The van der Waals surface area contributed by atoms with E-state index in [1.165, 1.54) is 44.1 Å². The maximum atomic E-state index is 6.06. The second kappa shape index (κ2) is 6.28. The molecule has 1 heteroatoms. The summed E-state index contributed by atoms with van der Waals surface area (Å²) in [6.07, 6.45) is 12.4. The molecule has 0 aromatic carbocycles. The highest BCUT2D eigenvalue weighted by Gasteiger charge is 2.48. The van der Waals surface area contributed by atoms with Gasteiger partial charge in [0.25, 0.3) is 0 Å². The largest absolute Gasteiger partial charge is 0.369 e. The Hall–Kier alpha value is -0.560. The summed E-state index contributed by atoms with van der Waals surface area (Å²) in [6.45, 7) is 13.5. The summed E-state index contributed by atoms with van der Waals surface area (Å²) in [6, 6.07) is 0. The Kier molecular flexibility index (Phi) is 5.03. The third-order valence-electron chi connectivity index (χ3n) is 5.67. The maximum absolute atomic E-state index is 6.06. The van der Waals surface area contributed by atoms with Crippen LogP contribution in [0.25, 0.3) is 0 Å². The van der Waals surface area contributed by atoms with Gasteiger partial charge in [-0.1, -0.05) is 37.1 Å². The Morgan fingerprint density at radius 1 is 1.05 bits per heavy atom. The van der Waals surface area contributed by atoms with Gasteiger partial charge in [-0.05, 0) is 78.1 Å². The van der Waals surface area contributed by atoms with Crippen LogP contribution in [-0.4, -0.2) is 11.2 Å². The molecule has 2 saturated heterocycles. The van der Waals surface area contributed by atoms with Crippen molar-refractivity contribution in [2.75, 3.05) is 0 Å². The summed E-state index contributed by atoms with van der Waals surface area (Å²) in [5.74, 6) is 1.56. The number of hydrogen-bond donors (Lipinski definition) is 0. The Labute approximate surface area is 131 Å². The predicted octanol–water partition coefficient (Wildman–Crippen LogP) is 6.05. The molecule has 4 aliphatic rings. The van der Waals surface area contributed by atoms with Crippen molar-refractivity contribution in [3.63, 3.8) is 0 Å². The Morgan fingerprint density at radius 2 is 1.67 bits per heavy atom. The molecule has 1 nitrogen and oxygen atoms in total. The van der Waals surface area contributed by atoms with Gasteiger partial charge in [-0.3, -0.25) is 0 Å². The van der Waals surface area contributed by atoms with E-state index in [0.717, 1.165) is 11.8 Å². The average Bonchev–Trinajstić information content (AvgIpc) is 2.38. The second-order valence-corrected chi connectivity index (χ2v) is 8.34. The van der Waals surface area contributed by atoms with Crippen LogP contribution < -0.4 is 0 Å². The summed E-state index contributed by atoms with van der Waals surface area (Å²) >= 11 is 0. The van der Waals surface area contributed by atoms with E-state index in [1.807, 2.05) is 0 Å². The molecular weight excluding hydrogens is 256 g/mol. The van der Waals surface area contributed by atoms with Gasteiger partial charge in [0.15, 0.2) is 0 Å². The van der Waals surface area contributed by atoms with E-state index in [0.29, 0.717) is 0 Å². The van der Waals surface area contributed by atoms with Gasteiger partial charge >= 0.3 is 0 Å². The molecule has 1 saturated carbocycles. The minimum atomic E-state index is 0.158. The first-order chi connectivity index (χ1) is 9.72. The summed E-state index contributed by atoms with van der Waals surface area (Å²) in [7, 11) is 0. The molecular formula is C20H34O. The van der Waals surface area contributed by atoms with Crippen LogP contribution in [0.5, 0.6) is 0 Å². The zero-order valence-electron chi connectivity index (χ0n) is 15.0. The van der Waals surface area contributed by atoms with Crippen LogP contribution in [0.3, 0.4) is 0 Å². The van der Waals surface area contributed by atoms with Crippen LogP contribution in [-0.2, 0) is 4.74 Å².